The van der Waals surface area contributed by atoms with Crippen molar-refractivity contribution < 1.29 is 13.2 Å². The molecule has 142 valence electrons. The number of hydrogen-bond donors (Lipinski definition) is 1. The van der Waals surface area contributed by atoms with Gasteiger partial charge in [0.1, 0.15) is 0 Å². The molecule has 1 N–H and O–H groups in total. The number of benzene rings is 1. The lowest BCUT2D eigenvalue weighted by Gasteiger charge is -2.31. The van der Waals surface area contributed by atoms with Crippen LogP contribution in [0.2, 0.25) is 0 Å². The first-order valence-electron chi connectivity index (χ1n) is 9.08. The molecule has 0 radical (unpaired) electrons. The predicted molar refractivity (Wildman–Crippen MR) is 107 cm³/mol. The molecule has 1 saturated heterocycles. The third kappa shape index (κ3) is 5.11. The molecule has 5 nitrogen and oxygen atoms in total. The summed E-state index contributed by atoms with van der Waals surface area (Å²) < 4.78 is 26.1. The van der Waals surface area contributed by atoms with E-state index >= 15 is 0 Å². The fourth-order valence-electron chi connectivity index (χ4n) is 3.14. The minimum atomic E-state index is -3.05. The molecule has 26 heavy (non-hydrogen) atoms. The van der Waals surface area contributed by atoms with Crippen molar-refractivity contribution in [1.82, 2.24) is 9.62 Å². The van der Waals surface area contributed by atoms with Gasteiger partial charge in [-0.3, -0.25) is 4.79 Å². The van der Waals surface area contributed by atoms with Crippen LogP contribution >= 0.6 is 11.8 Å². The Morgan fingerprint density at radius 1 is 1.19 bits per heavy atom. The Hall–Kier alpha value is -1.31. The van der Waals surface area contributed by atoms with Crippen molar-refractivity contribution in [2.45, 2.75) is 35.8 Å². The normalized spacial score (nSPS) is 19.7. The van der Waals surface area contributed by atoms with Crippen LogP contribution in [0, 0.1) is 5.92 Å². The van der Waals surface area contributed by atoms with Crippen LogP contribution < -0.4 is 5.32 Å². The predicted octanol–water partition coefficient (Wildman–Crippen LogP) is 2.74. The number of thioether (sulfide) groups is 1. The molecular weight excluding hydrogens is 368 g/mol. The van der Waals surface area contributed by atoms with Gasteiger partial charge in [-0.1, -0.05) is 12.1 Å². The maximum Gasteiger partial charge on any atom is 0.244 e. The third-order valence-electron chi connectivity index (χ3n) is 4.99. The summed E-state index contributed by atoms with van der Waals surface area (Å²) in [5.41, 5.74) is 0.997. The number of piperidine rings is 1. The summed E-state index contributed by atoms with van der Waals surface area (Å²) >= 11 is 1.69. The molecule has 2 aliphatic rings. The first kappa shape index (κ1) is 19.5. The van der Waals surface area contributed by atoms with Crippen molar-refractivity contribution in [3.63, 3.8) is 0 Å². The molecule has 1 saturated carbocycles. The standard InChI is InChI=1S/C19H26N2O3S2/c1-25-17-5-2-15(3-6-17)4-9-19(22)20-14-16-10-12-21(13-11-16)26(23,24)18-7-8-18/h2-6,9,16,18H,7-8,10-14H2,1H3,(H,20,22)/b9-4+. The van der Waals surface area contributed by atoms with Gasteiger partial charge in [-0.15, -0.1) is 11.8 Å². The fourth-order valence-corrected chi connectivity index (χ4v) is 5.42. The van der Waals surface area contributed by atoms with Crippen molar-refractivity contribution >= 4 is 33.8 Å². The van der Waals surface area contributed by atoms with Gasteiger partial charge in [0.05, 0.1) is 5.25 Å². The van der Waals surface area contributed by atoms with Crippen LogP contribution in [0.4, 0.5) is 0 Å². The maximum absolute atomic E-state index is 12.2. The zero-order chi connectivity index (χ0) is 18.6. The largest absolute Gasteiger partial charge is 0.352 e. The quantitative estimate of drug-likeness (QED) is 0.570. The molecule has 1 aromatic carbocycles. The van der Waals surface area contributed by atoms with Crippen molar-refractivity contribution in [2.24, 2.45) is 5.92 Å². The van der Waals surface area contributed by atoms with Crippen LogP contribution in [0.25, 0.3) is 6.08 Å². The Kier molecular flexibility index (Phi) is 6.42. The van der Waals surface area contributed by atoms with Crippen LogP contribution in [0.3, 0.4) is 0 Å². The summed E-state index contributed by atoms with van der Waals surface area (Å²) in [6, 6.07) is 8.05. The van der Waals surface area contributed by atoms with Gasteiger partial charge in [0.25, 0.3) is 0 Å². The SMILES string of the molecule is CSc1ccc(/C=C/C(=O)NCC2CCN(S(=O)(=O)C3CC3)CC2)cc1. The Morgan fingerprint density at radius 3 is 2.42 bits per heavy atom. The number of rotatable bonds is 7. The Balaban J connectivity index is 1.40. The molecule has 1 heterocycles. The van der Waals surface area contributed by atoms with E-state index in [0.717, 1.165) is 31.2 Å². The molecule has 1 aliphatic carbocycles. The van der Waals surface area contributed by atoms with Gasteiger partial charge in [0, 0.05) is 30.6 Å². The number of nitrogens with one attached hydrogen (secondary N) is 1. The average Bonchev–Trinajstić information content (AvgIpc) is 3.51. The van der Waals surface area contributed by atoms with Crippen LogP contribution in [0.5, 0.6) is 0 Å². The minimum absolute atomic E-state index is 0.105. The molecule has 0 spiro atoms. The van der Waals surface area contributed by atoms with Crippen molar-refractivity contribution in [2.75, 3.05) is 25.9 Å². The number of hydrogen-bond acceptors (Lipinski definition) is 4. The Labute approximate surface area is 160 Å². The second-order valence-electron chi connectivity index (χ2n) is 6.94. The van der Waals surface area contributed by atoms with Gasteiger partial charge in [0.2, 0.25) is 15.9 Å². The summed E-state index contributed by atoms with van der Waals surface area (Å²) in [6.07, 6.45) is 8.64. The summed E-state index contributed by atoms with van der Waals surface area (Å²) in [5, 5.41) is 2.81. The zero-order valence-corrected chi connectivity index (χ0v) is 16.7. The van der Waals surface area contributed by atoms with Crippen LogP contribution in [-0.2, 0) is 14.8 Å². The van der Waals surface area contributed by atoms with Gasteiger partial charge < -0.3 is 5.32 Å². The summed E-state index contributed by atoms with van der Waals surface area (Å²) in [4.78, 5) is 13.2. The van der Waals surface area contributed by atoms with E-state index in [9.17, 15) is 13.2 Å². The molecule has 0 aromatic heterocycles. The van der Waals surface area contributed by atoms with Crippen LogP contribution in [-0.4, -0.2) is 49.8 Å². The van der Waals surface area contributed by atoms with Gasteiger partial charge >= 0.3 is 0 Å². The average molecular weight is 395 g/mol. The highest BCUT2D eigenvalue weighted by Crippen LogP contribution is 2.33. The lowest BCUT2D eigenvalue weighted by atomic mass is 9.98. The van der Waals surface area contributed by atoms with Gasteiger partial charge in [-0.2, -0.15) is 0 Å². The molecule has 0 atom stereocenters. The molecular formula is C19H26N2O3S2. The first-order chi connectivity index (χ1) is 12.5. The van der Waals surface area contributed by atoms with Gasteiger partial charge in [-0.25, -0.2) is 12.7 Å². The smallest absolute Gasteiger partial charge is 0.244 e. The first-order valence-corrected chi connectivity index (χ1v) is 11.8. The molecule has 1 aromatic rings. The highest BCUT2D eigenvalue weighted by Gasteiger charge is 2.41. The summed E-state index contributed by atoms with van der Waals surface area (Å²) in [6.45, 7) is 1.76. The Bertz CT molecular complexity index is 747. The number of amides is 1. The maximum atomic E-state index is 12.2. The van der Waals surface area contributed by atoms with E-state index in [4.69, 9.17) is 0 Å². The molecule has 7 heteroatoms. The number of carbonyl (C=O) groups is 1. The minimum Gasteiger partial charge on any atom is -0.352 e. The number of sulfonamides is 1. The number of carbonyl (C=O) groups excluding carboxylic acids is 1. The highest BCUT2D eigenvalue weighted by atomic mass is 32.2. The molecule has 0 unspecified atom stereocenters. The summed E-state index contributed by atoms with van der Waals surface area (Å²) in [5.74, 6) is 0.242. The molecule has 3 rings (SSSR count). The monoisotopic (exact) mass is 394 g/mol. The fraction of sp³-hybridized carbons (Fsp3) is 0.526. The van der Waals surface area contributed by atoms with Gasteiger partial charge in [0.15, 0.2) is 0 Å². The highest BCUT2D eigenvalue weighted by molar-refractivity contribution is 7.98. The van der Waals surface area contributed by atoms with E-state index in [2.05, 4.69) is 5.32 Å². The molecule has 0 bridgehead atoms. The van der Waals surface area contributed by atoms with Gasteiger partial charge in [-0.05, 0) is 61.6 Å². The van der Waals surface area contributed by atoms with Crippen LogP contribution in [0.1, 0.15) is 31.2 Å². The Morgan fingerprint density at radius 2 is 1.85 bits per heavy atom. The topological polar surface area (TPSA) is 66.5 Å². The van der Waals surface area contributed by atoms with E-state index in [-0.39, 0.29) is 11.2 Å². The second-order valence-corrected chi connectivity index (χ2v) is 10.0. The lowest BCUT2D eigenvalue weighted by molar-refractivity contribution is -0.116. The van der Waals surface area contributed by atoms with E-state index in [1.54, 1.807) is 22.1 Å². The molecule has 1 amide bonds. The van der Waals surface area contributed by atoms with E-state index in [0.29, 0.717) is 25.6 Å². The van der Waals surface area contributed by atoms with Crippen molar-refractivity contribution in [3.8, 4) is 0 Å². The molecule has 1 aliphatic heterocycles. The second kappa shape index (κ2) is 8.59. The number of nitrogens with zero attached hydrogens (tertiary/aromatic N) is 1. The third-order valence-corrected chi connectivity index (χ3v) is 8.13. The van der Waals surface area contributed by atoms with Crippen molar-refractivity contribution in [3.05, 3.63) is 35.9 Å². The van der Waals surface area contributed by atoms with Crippen molar-refractivity contribution in [1.29, 1.82) is 0 Å². The van der Waals surface area contributed by atoms with E-state index in [1.165, 1.54) is 4.90 Å². The lowest BCUT2D eigenvalue weighted by Crippen LogP contribution is -2.42. The molecule has 2 fully saturated rings. The van der Waals surface area contributed by atoms with Crippen LogP contribution in [0.15, 0.2) is 35.2 Å². The zero-order valence-electron chi connectivity index (χ0n) is 15.1. The van der Waals surface area contributed by atoms with E-state index in [1.807, 2.05) is 36.6 Å². The van der Waals surface area contributed by atoms with E-state index < -0.39 is 10.0 Å². The summed E-state index contributed by atoms with van der Waals surface area (Å²) in [7, 11) is -3.05.